The van der Waals surface area contributed by atoms with E-state index in [2.05, 4.69) is 63.5 Å². The second-order valence-electron chi connectivity index (χ2n) is 23.8. The molecule has 10 amide bonds. The Bertz CT molecular complexity index is 2550. The van der Waals surface area contributed by atoms with Crippen molar-refractivity contribution in [1.29, 1.82) is 0 Å². The number of ether oxygens (including phenoxy) is 1. The van der Waals surface area contributed by atoms with Crippen molar-refractivity contribution in [3.8, 4) is 0 Å². The number of nitrogens with zero attached hydrogens (tertiary/aromatic N) is 1. The number of carbonyl (C=O) groups is 11. The average Bonchev–Trinajstić information content (AvgIpc) is 3.84. The highest BCUT2D eigenvalue weighted by molar-refractivity contribution is 5.99. The number of aliphatic imine (C=N–C) groups is 1. The summed E-state index contributed by atoms with van der Waals surface area (Å²) in [6.45, 7) is 14.6. The van der Waals surface area contributed by atoms with Gasteiger partial charge in [-0.1, -0.05) is 131 Å². The summed E-state index contributed by atoms with van der Waals surface area (Å²) < 4.78 is 5.79. The fourth-order valence-electron chi connectivity index (χ4n) is 10.4. The minimum Gasteiger partial charge on any atom is -0.458 e. The van der Waals surface area contributed by atoms with E-state index in [-0.39, 0.29) is 37.7 Å². The summed E-state index contributed by atoms with van der Waals surface area (Å²) in [6.07, 6.45) is 4.26. The summed E-state index contributed by atoms with van der Waals surface area (Å²) in [4.78, 5) is 159. The van der Waals surface area contributed by atoms with E-state index in [9.17, 15) is 63.0 Å². The van der Waals surface area contributed by atoms with Gasteiger partial charge in [-0.3, -0.25) is 52.9 Å². The molecule has 0 unspecified atom stereocenters. The molecular formula is C61H102N14O14. The SMILES string of the molecule is CC[C@@H](C)[C@@H](NC(=O)[C@@H](CCCN=C(N)N)NC(=O)[C@H](CO)NC(=O)[C@@H](NC(=O)[C@@H](Cc1ccccc1)NC)[C@@H](C)CC)C(=O)N[C@H](C(=O)N[C@@H](CO)C(=O)N[C@H]1C(=O)N[C@@H](C)C(=O)N[C@@H](C2CCCCC2)C(=O)N[C@@H]([C@@H](C)CC)C(=O)O[C@H]1C)[C@@H](C)CC. The number of hydrogen-bond acceptors (Lipinski definition) is 16. The monoisotopic (exact) mass is 1250 g/mol. The van der Waals surface area contributed by atoms with Crippen LogP contribution in [0.1, 0.15) is 145 Å². The van der Waals surface area contributed by atoms with Crippen molar-refractivity contribution in [2.24, 2.45) is 46.0 Å². The predicted molar refractivity (Wildman–Crippen MR) is 332 cm³/mol. The van der Waals surface area contributed by atoms with Gasteiger partial charge < -0.3 is 84.9 Å². The number of rotatable bonds is 32. The number of nitrogens with one attached hydrogen (secondary N) is 11. The lowest BCUT2D eigenvalue weighted by Gasteiger charge is -2.32. The van der Waals surface area contributed by atoms with Crippen LogP contribution in [-0.2, 0) is 63.9 Å². The van der Waals surface area contributed by atoms with Gasteiger partial charge in [0.15, 0.2) is 5.96 Å². The van der Waals surface area contributed by atoms with Crippen molar-refractivity contribution in [3.63, 3.8) is 0 Å². The molecule has 89 heavy (non-hydrogen) atoms. The van der Waals surface area contributed by atoms with Crippen LogP contribution in [0.25, 0.3) is 0 Å². The standard InChI is InChI=1S/C61H102N14O14/c1-12-32(5)44(71-52(80)41(64-11)29-38-23-18-16-19-24-38)55(83)68-42(30-76)53(81)67-40(27-22-28-65-61(62)63)51(79)70-46(34(7)14-3)57(85)72-45(33(6)13-2)56(84)69-43(31-77)54(82)74-48-37(10)89-60(88)47(35(8)15-4)73-59(87)49(39-25-20-17-21-26-39)75-50(78)36(9)66-58(48)86/h16,18-19,23-24,32-37,39-49,64,76-77H,12-15,17,20-22,25-31H2,1-11H3,(H,66,86)(H,67,81)(H,68,83)(H,69,84)(H,70,79)(H,71,80)(H,72,85)(H,73,87)(H,74,82)(H,75,78)(H4,62,63,65)/t32-,33-,34+,35-,36-,37-,40+,41+,42-,43-,44-,45-,46+,47-,48+,49-/m0/s1. The third-order valence-corrected chi connectivity index (χ3v) is 17.1. The van der Waals surface area contributed by atoms with Crippen LogP contribution in [0.4, 0.5) is 0 Å². The summed E-state index contributed by atoms with van der Waals surface area (Å²) >= 11 is 0. The number of aliphatic hydroxyl groups excluding tert-OH is 2. The number of aliphatic hydroxyl groups is 2. The molecule has 28 nitrogen and oxygen atoms in total. The minimum absolute atomic E-state index is 0.0166. The first-order valence-corrected chi connectivity index (χ1v) is 31.4. The van der Waals surface area contributed by atoms with Crippen molar-refractivity contribution in [3.05, 3.63) is 35.9 Å². The van der Waals surface area contributed by atoms with Gasteiger partial charge in [0.1, 0.15) is 66.5 Å². The van der Waals surface area contributed by atoms with Gasteiger partial charge >= 0.3 is 5.97 Å². The lowest BCUT2D eigenvalue weighted by atomic mass is 9.83. The number of guanidine groups is 1. The number of cyclic esters (lactones) is 1. The fourth-order valence-corrected chi connectivity index (χ4v) is 10.4. The summed E-state index contributed by atoms with van der Waals surface area (Å²) in [5.74, 6) is -11.8. The van der Waals surface area contributed by atoms with E-state index >= 15 is 0 Å². The van der Waals surface area contributed by atoms with E-state index in [4.69, 9.17) is 16.2 Å². The second kappa shape index (κ2) is 38.2. The predicted octanol–water partition coefficient (Wildman–Crippen LogP) is -1.57. The quantitative estimate of drug-likeness (QED) is 0.0168. The first-order valence-electron chi connectivity index (χ1n) is 31.4. The maximum absolute atomic E-state index is 14.5. The molecule has 2 aliphatic rings. The van der Waals surface area contributed by atoms with Gasteiger partial charge in [-0.25, -0.2) is 4.79 Å². The van der Waals surface area contributed by atoms with Crippen molar-refractivity contribution in [2.45, 2.75) is 219 Å². The zero-order valence-electron chi connectivity index (χ0n) is 53.7. The molecule has 1 heterocycles. The van der Waals surface area contributed by atoms with E-state index in [1.54, 1.807) is 48.6 Å². The number of amides is 10. The molecule has 1 aromatic rings. The van der Waals surface area contributed by atoms with Crippen molar-refractivity contribution in [1.82, 2.24) is 58.5 Å². The third kappa shape index (κ3) is 23.5. The zero-order chi connectivity index (χ0) is 66.7. The molecule has 28 heteroatoms. The van der Waals surface area contributed by atoms with Gasteiger partial charge in [-0.15, -0.1) is 0 Å². The molecule has 0 aromatic heterocycles. The first-order chi connectivity index (χ1) is 42.2. The third-order valence-electron chi connectivity index (χ3n) is 17.1. The van der Waals surface area contributed by atoms with Gasteiger partial charge in [-0.05, 0) is 88.2 Å². The molecule has 3 rings (SSSR count). The number of benzene rings is 1. The summed E-state index contributed by atoms with van der Waals surface area (Å²) in [6, 6.07) is -5.47. The molecule has 16 atom stereocenters. The Hall–Kier alpha value is -7.46. The van der Waals surface area contributed by atoms with Gasteiger partial charge in [0, 0.05) is 6.54 Å². The molecule has 1 saturated heterocycles. The first kappa shape index (κ1) is 75.8. The minimum atomic E-state index is -1.79. The van der Waals surface area contributed by atoms with Crippen molar-refractivity contribution < 1.29 is 67.7 Å². The number of nitrogens with two attached hydrogens (primary N) is 2. The Morgan fingerprint density at radius 1 is 0.607 bits per heavy atom. The summed E-state index contributed by atoms with van der Waals surface area (Å²) in [7, 11) is 1.61. The average molecular weight is 1260 g/mol. The highest BCUT2D eigenvalue weighted by Crippen LogP contribution is 2.28. The topological polar surface area (TPSA) is 434 Å². The molecular weight excluding hydrogens is 1150 g/mol. The Morgan fingerprint density at radius 2 is 1.09 bits per heavy atom. The summed E-state index contributed by atoms with van der Waals surface area (Å²) in [5, 5.41) is 50.4. The molecule has 1 aliphatic carbocycles. The van der Waals surface area contributed by atoms with E-state index in [0.29, 0.717) is 38.5 Å². The zero-order valence-corrected chi connectivity index (χ0v) is 53.7. The number of esters is 1. The Morgan fingerprint density at radius 3 is 1.58 bits per heavy atom. The molecule has 0 radical (unpaired) electrons. The van der Waals surface area contributed by atoms with Gasteiger partial charge in [0.05, 0.1) is 19.3 Å². The highest BCUT2D eigenvalue weighted by atomic mass is 16.5. The Balaban J connectivity index is 1.88. The van der Waals surface area contributed by atoms with Crippen LogP contribution in [-0.4, -0.2) is 181 Å². The second-order valence-corrected chi connectivity index (χ2v) is 23.8. The highest BCUT2D eigenvalue weighted by Gasteiger charge is 2.42. The van der Waals surface area contributed by atoms with E-state index in [1.807, 2.05) is 44.2 Å². The lowest BCUT2D eigenvalue weighted by molar-refractivity contribution is -0.157. The fraction of sp³-hybridized carbons (Fsp3) is 0.705. The Kier molecular flexibility index (Phi) is 32.5. The molecule has 1 saturated carbocycles. The smallest absolute Gasteiger partial charge is 0.329 e. The maximum atomic E-state index is 14.5. The van der Waals surface area contributed by atoms with Gasteiger partial charge in [0.25, 0.3) is 0 Å². The molecule has 500 valence electrons. The normalized spacial score (nSPS) is 22.2. The molecule has 0 spiro atoms. The molecule has 17 N–H and O–H groups in total. The lowest BCUT2D eigenvalue weighted by Crippen LogP contribution is -2.63. The number of likely N-dealkylation sites (N-methyl/N-ethyl adjacent to an activating group) is 1. The van der Waals surface area contributed by atoms with Crippen LogP contribution >= 0.6 is 0 Å². The number of carbonyl (C=O) groups excluding carboxylic acids is 11. The van der Waals surface area contributed by atoms with Crippen LogP contribution in [0.5, 0.6) is 0 Å². The van der Waals surface area contributed by atoms with E-state index in [1.165, 1.54) is 13.8 Å². The molecule has 2 fully saturated rings. The summed E-state index contributed by atoms with van der Waals surface area (Å²) in [5.41, 5.74) is 12.0. The van der Waals surface area contributed by atoms with Gasteiger partial charge in [0.2, 0.25) is 59.1 Å². The van der Waals surface area contributed by atoms with Crippen LogP contribution in [0.15, 0.2) is 35.3 Å². The largest absolute Gasteiger partial charge is 0.458 e. The van der Waals surface area contributed by atoms with Crippen LogP contribution in [0, 0.1) is 29.6 Å². The maximum Gasteiger partial charge on any atom is 0.329 e. The molecule has 1 aromatic carbocycles. The van der Waals surface area contributed by atoms with Crippen LogP contribution < -0.4 is 70.0 Å². The van der Waals surface area contributed by atoms with E-state index in [0.717, 1.165) is 24.8 Å². The van der Waals surface area contributed by atoms with Gasteiger partial charge in [-0.2, -0.15) is 0 Å². The van der Waals surface area contributed by atoms with Crippen molar-refractivity contribution >= 4 is 71.0 Å². The van der Waals surface area contributed by atoms with Crippen molar-refractivity contribution in [2.75, 3.05) is 26.8 Å². The van der Waals surface area contributed by atoms with Crippen LogP contribution in [0.3, 0.4) is 0 Å². The number of hydrogen-bond donors (Lipinski definition) is 15. The molecule has 0 bridgehead atoms. The molecule has 1 aliphatic heterocycles. The van der Waals surface area contributed by atoms with Crippen LogP contribution in [0.2, 0.25) is 0 Å². The Labute approximate surface area is 523 Å². The van der Waals surface area contributed by atoms with E-state index < -0.39 is 174 Å².